The average molecular weight is 462 g/mol. The number of ether oxygens (including phenoxy) is 1. The van der Waals surface area contributed by atoms with E-state index in [9.17, 15) is 18.0 Å². The molecule has 166 valence electrons. The molecule has 1 amide bonds. The molecule has 9 nitrogen and oxygen atoms in total. The summed E-state index contributed by atoms with van der Waals surface area (Å²) in [5.74, 6) is -1.26. The minimum atomic E-state index is -3.83. The van der Waals surface area contributed by atoms with E-state index in [4.69, 9.17) is 9.88 Å². The average Bonchev–Trinajstić information content (AvgIpc) is 2.82. The smallest absolute Gasteiger partial charge is 0.339 e. The molecule has 0 saturated carbocycles. The predicted molar refractivity (Wildman–Crippen MR) is 122 cm³/mol. The number of nitrogens with two attached hydrogens (primary N) is 1. The second kappa shape index (κ2) is 9.15. The number of rotatable bonds is 6. The summed E-state index contributed by atoms with van der Waals surface area (Å²) in [5, 5.41) is 8.18. The third kappa shape index (κ3) is 5.20. The van der Waals surface area contributed by atoms with Crippen molar-refractivity contribution >= 4 is 38.5 Å². The Labute approximate surface area is 189 Å². The molecule has 0 spiro atoms. The standard InChI is InChI=1S/C23H18N4O5S/c24-33(30,31)17-7-5-16(6-8-17)26-22(28)14-32-23(29)19-13-21(15-9-11-25-12-10-15)27-20-4-2-1-3-18(19)20/h1-13H,14H2,(H,26,28)(H2,24,30,31). The van der Waals surface area contributed by atoms with Crippen LogP contribution in [0.25, 0.3) is 22.2 Å². The van der Waals surface area contributed by atoms with Gasteiger partial charge in [-0.25, -0.2) is 23.3 Å². The van der Waals surface area contributed by atoms with Gasteiger partial charge in [0.05, 0.1) is 21.7 Å². The van der Waals surface area contributed by atoms with Crippen molar-refractivity contribution in [2.75, 3.05) is 11.9 Å². The summed E-state index contributed by atoms with van der Waals surface area (Å²) in [6.07, 6.45) is 3.26. The van der Waals surface area contributed by atoms with Gasteiger partial charge in [-0.3, -0.25) is 9.78 Å². The van der Waals surface area contributed by atoms with Crippen LogP contribution >= 0.6 is 0 Å². The highest BCUT2D eigenvalue weighted by Gasteiger charge is 2.17. The summed E-state index contributed by atoms with van der Waals surface area (Å²) < 4.78 is 27.9. The first kappa shape index (κ1) is 22.1. The van der Waals surface area contributed by atoms with Crippen molar-refractivity contribution in [1.29, 1.82) is 0 Å². The van der Waals surface area contributed by atoms with Gasteiger partial charge in [0.1, 0.15) is 0 Å². The van der Waals surface area contributed by atoms with Crippen LogP contribution in [0.3, 0.4) is 0 Å². The van der Waals surface area contributed by atoms with Crippen LogP contribution in [0.4, 0.5) is 5.69 Å². The van der Waals surface area contributed by atoms with Gasteiger partial charge in [0.15, 0.2) is 6.61 Å². The highest BCUT2D eigenvalue weighted by Crippen LogP contribution is 2.25. The number of carbonyl (C=O) groups excluding carboxylic acids is 2. The van der Waals surface area contributed by atoms with E-state index in [2.05, 4.69) is 15.3 Å². The zero-order valence-corrected chi connectivity index (χ0v) is 18.0. The fourth-order valence-corrected chi connectivity index (χ4v) is 3.66. The van der Waals surface area contributed by atoms with Gasteiger partial charge in [0.2, 0.25) is 10.0 Å². The van der Waals surface area contributed by atoms with Crippen molar-refractivity contribution in [3.63, 3.8) is 0 Å². The number of primary sulfonamides is 1. The van der Waals surface area contributed by atoms with Crippen LogP contribution in [-0.4, -0.2) is 36.9 Å². The lowest BCUT2D eigenvalue weighted by Gasteiger charge is -2.10. The maximum atomic E-state index is 12.8. The van der Waals surface area contributed by atoms with Gasteiger partial charge in [0, 0.05) is 29.0 Å². The quantitative estimate of drug-likeness (QED) is 0.420. The van der Waals surface area contributed by atoms with E-state index < -0.39 is 28.5 Å². The number of benzene rings is 2. The summed E-state index contributed by atoms with van der Waals surface area (Å²) in [5.41, 5.74) is 2.57. The molecule has 0 fully saturated rings. The van der Waals surface area contributed by atoms with Crippen molar-refractivity contribution < 1.29 is 22.7 Å². The van der Waals surface area contributed by atoms with Crippen molar-refractivity contribution in [3.8, 4) is 11.3 Å². The van der Waals surface area contributed by atoms with Crippen LogP contribution in [0.5, 0.6) is 0 Å². The van der Waals surface area contributed by atoms with Crippen LogP contribution in [-0.2, 0) is 19.6 Å². The number of pyridine rings is 2. The Bertz CT molecular complexity index is 1440. The van der Waals surface area contributed by atoms with Gasteiger partial charge in [-0.05, 0) is 48.5 Å². The number of anilines is 1. The Kier molecular flexibility index (Phi) is 6.11. The van der Waals surface area contributed by atoms with Crippen LogP contribution in [0, 0.1) is 0 Å². The van der Waals surface area contributed by atoms with Crippen LogP contribution in [0.2, 0.25) is 0 Å². The van der Waals surface area contributed by atoms with E-state index in [0.717, 1.165) is 5.56 Å². The molecule has 10 heteroatoms. The highest BCUT2D eigenvalue weighted by atomic mass is 32.2. The molecule has 33 heavy (non-hydrogen) atoms. The maximum Gasteiger partial charge on any atom is 0.339 e. The number of nitrogens with one attached hydrogen (secondary N) is 1. The van der Waals surface area contributed by atoms with Crippen LogP contribution < -0.4 is 10.5 Å². The lowest BCUT2D eigenvalue weighted by molar-refractivity contribution is -0.119. The van der Waals surface area contributed by atoms with E-state index in [0.29, 0.717) is 22.3 Å². The van der Waals surface area contributed by atoms with Crippen LogP contribution in [0.15, 0.2) is 84.0 Å². The lowest BCUT2D eigenvalue weighted by atomic mass is 10.0. The molecular weight excluding hydrogens is 444 g/mol. The summed E-state index contributed by atoms with van der Waals surface area (Å²) in [6.45, 7) is -0.531. The number of aromatic nitrogens is 2. The second-order valence-corrected chi connectivity index (χ2v) is 8.56. The van der Waals surface area contributed by atoms with E-state index in [-0.39, 0.29) is 10.5 Å². The number of hydrogen-bond donors (Lipinski definition) is 2. The molecule has 0 atom stereocenters. The molecule has 0 aliphatic rings. The van der Waals surface area contributed by atoms with Gasteiger partial charge < -0.3 is 10.1 Å². The number of esters is 1. The second-order valence-electron chi connectivity index (χ2n) is 7.00. The van der Waals surface area contributed by atoms with Gasteiger partial charge in [0.25, 0.3) is 5.91 Å². The fraction of sp³-hybridized carbons (Fsp3) is 0.0435. The van der Waals surface area contributed by atoms with Gasteiger partial charge in [-0.1, -0.05) is 18.2 Å². The predicted octanol–water partition coefficient (Wildman–Crippen LogP) is 2.74. The molecule has 0 saturated heterocycles. The Morgan fingerprint density at radius 1 is 0.970 bits per heavy atom. The topological polar surface area (TPSA) is 141 Å². The molecule has 4 aromatic rings. The first-order chi connectivity index (χ1) is 15.8. The van der Waals surface area contributed by atoms with Gasteiger partial charge in [-0.2, -0.15) is 0 Å². The molecule has 0 bridgehead atoms. The Morgan fingerprint density at radius 3 is 2.36 bits per heavy atom. The molecule has 0 unspecified atom stereocenters. The van der Waals surface area contributed by atoms with E-state index in [1.165, 1.54) is 24.3 Å². The van der Waals surface area contributed by atoms with Crippen LogP contribution in [0.1, 0.15) is 10.4 Å². The third-order valence-electron chi connectivity index (χ3n) is 4.71. The Hall–Kier alpha value is -4.15. The third-order valence-corrected chi connectivity index (χ3v) is 5.64. The monoisotopic (exact) mass is 462 g/mol. The molecule has 2 aromatic heterocycles. The molecular formula is C23H18N4O5S. The fourth-order valence-electron chi connectivity index (χ4n) is 3.15. The van der Waals surface area contributed by atoms with Crippen molar-refractivity contribution in [2.45, 2.75) is 4.90 Å². The number of hydrogen-bond acceptors (Lipinski definition) is 7. The normalized spacial score (nSPS) is 11.2. The zero-order chi connectivity index (χ0) is 23.4. The maximum absolute atomic E-state index is 12.8. The first-order valence-corrected chi connectivity index (χ1v) is 11.3. The van der Waals surface area contributed by atoms with E-state index >= 15 is 0 Å². The Morgan fingerprint density at radius 2 is 1.67 bits per heavy atom. The molecule has 0 radical (unpaired) electrons. The molecule has 2 aromatic carbocycles. The summed E-state index contributed by atoms with van der Waals surface area (Å²) in [6, 6.07) is 17.6. The van der Waals surface area contributed by atoms with Gasteiger partial charge in [-0.15, -0.1) is 0 Å². The molecule has 3 N–H and O–H groups in total. The van der Waals surface area contributed by atoms with Crippen molar-refractivity contribution in [2.24, 2.45) is 5.14 Å². The minimum absolute atomic E-state index is 0.0820. The number of nitrogens with zero attached hydrogens (tertiary/aromatic N) is 2. The molecule has 4 rings (SSSR count). The number of para-hydroxylation sites is 1. The largest absolute Gasteiger partial charge is 0.452 e. The zero-order valence-electron chi connectivity index (χ0n) is 17.1. The summed E-state index contributed by atoms with van der Waals surface area (Å²) >= 11 is 0. The van der Waals surface area contributed by atoms with Crippen molar-refractivity contribution in [3.05, 3.63) is 84.7 Å². The number of sulfonamides is 1. The van der Waals surface area contributed by atoms with Crippen molar-refractivity contribution in [1.82, 2.24) is 9.97 Å². The number of carbonyl (C=O) groups is 2. The summed E-state index contributed by atoms with van der Waals surface area (Å²) in [4.78, 5) is 33.6. The summed E-state index contributed by atoms with van der Waals surface area (Å²) in [7, 11) is -3.83. The van der Waals surface area contributed by atoms with Gasteiger partial charge >= 0.3 is 5.97 Å². The SMILES string of the molecule is NS(=O)(=O)c1ccc(NC(=O)COC(=O)c2cc(-c3ccncc3)nc3ccccc23)cc1. The lowest BCUT2D eigenvalue weighted by Crippen LogP contribution is -2.21. The number of fused-ring (bicyclic) bond motifs is 1. The highest BCUT2D eigenvalue weighted by molar-refractivity contribution is 7.89. The minimum Gasteiger partial charge on any atom is -0.452 e. The molecule has 0 aliphatic heterocycles. The molecule has 0 aliphatic carbocycles. The van der Waals surface area contributed by atoms with E-state index in [1.807, 2.05) is 6.07 Å². The number of amides is 1. The first-order valence-electron chi connectivity index (χ1n) is 9.71. The molecule has 2 heterocycles. The Balaban J connectivity index is 1.50. The van der Waals surface area contributed by atoms with E-state index in [1.54, 1.807) is 48.8 Å².